The summed E-state index contributed by atoms with van der Waals surface area (Å²) in [5.41, 5.74) is 2.15. The Bertz CT molecular complexity index is 895. The zero-order valence-corrected chi connectivity index (χ0v) is 15.2. The van der Waals surface area contributed by atoms with Gasteiger partial charge in [0, 0.05) is 12.6 Å². The topological polar surface area (TPSA) is 32.3 Å². The zero-order chi connectivity index (χ0) is 18.4. The summed E-state index contributed by atoms with van der Waals surface area (Å²) in [6, 6.07) is 24.3. The average Bonchev–Trinajstić information content (AvgIpc) is 2.66. The number of carbonyl (C=O) groups excluding carboxylic acids is 1. The Morgan fingerprint density at radius 2 is 1.65 bits per heavy atom. The maximum atomic E-state index is 12.5. The van der Waals surface area contributed by atoms with Crippen molar-refractivity contribution in [2.75, 3.05) is 20.6 Å². The third kappa shape index (κ3) is 4.58. The highest BCUT2D eigenvalue weighted by molar-refractivity contribution is 5.96. The molecule has 3 heteroatoms. The summed E-state index contributed by atoms with van der Waals surface area (Å²) in [5, 5.41) is 5.43. The van der Waals surface area contributed by atoms with Crippen LogP contribution in [0.4, 0.5) is 0 Å². The molecule has 3 aromatic rings. The minimum Gasteiger partial charge on any atom is -0.344 e. The van der Waals surface area contributed by atoms with Crippen molar-refractivity contribution in [3.63, 3.8) is 0 Å². The van der Waals surface area contributed by atoms with E-state index >= 15 is 0 Å². The minimum absolute atomic E-state index is 0.0455. The SMILES string of the molecule is CN(C)C[C@@H](NC(=O)/C=C/c1cccc2ccccc12)c1ccccc1. The van der Waals surface area contributed by atoms with Crippen LogP contribution in [-0.4, -0.2) is 31.4 Å². The smallest absolute Gasteiger partial charge is 0.244 e. The first kappa shape index (κ1) is 17.9. The van der Waals surface area contributed by atoms with Gasteiger partial charge in [-0.3, -0.25) is 4.79 Å². The van der Waals surface area contributed by atoms with Gasteiger partial charge in [0.15, 0.2) is 0 Å². The molecule has 1 N–H and O–H groups in total. The molecule has 0 aromatic heterocycles. The van der Waals surface area contributed by atoms with Crippen LogP contribution >= 0.6 is 0 Å². The number of rotatable bonds is 6. The molecule has 26 heavy (non-hydrogen) atoms. The van der Waals surface area contributed by atoms with Gasteiger partial charge >= 0.3 is 0 Å². The van der Waals surface area contributed by atoms with E-state index in [1.54, 1.807) is 6.08 Å². The number of fused-ring (bicyclic) bond motifs is 1. The van der Waals surface area contributed by atoms with Crippen LogP contribution in [0.25, 0.3) is 16.8 Å². The van der Waals surface area contributed by atoms with Crippen molar-refractivity contribution in [3.8, 4) is 0 Å². The quantitative estimate of drug-likeness (QED) is 0.677. The van der Waals surface area contributed by atoms with E-state index in [1.807, 2.05) is 74.8 Å². The van der Waals surface area contributed by atoms with E-state index in [-0.39, 0.29) is 11.9 Å². The van der Waals surface area contributed by atoms with Gasteiger partial charge in [0.2, 0.25) is 5.91 Å². The molecule has 0 aliphatic carbocycles. The summed E-state index contributed by atoms with van der Waals surface area (Å²) in [5.74, 6) is -0.0892. The molecule has 0 saturated carbocycles. The van der Waals surface area contributed by atoms with Crippen LogP contribution in [0.2, 0.25) is 0 Å². The van der Waals surface area contributed by atoms with Gasteiger partial charge in [-0.25, -0.2) is 0 Å². The molecular weight excluding hydrogens is 320 g/mol. The van der Waals surface area contributed by atoms with Gasteiger partial charge in [0.1, 0.15) is 0 Å². The van der Waals surface area contributed by atoms with Crippen molar-refractivity contribution in [1.29, 1.82) is 0 Å². The van der Waals surface area contributed by atoms with Crippen molar-refractivity contribution in [1.82, 2.24) is 10.2 Å². The van der Waals surface area contributed by atoms with E-state index in [1.165, 1.54) is 5.39 Å². The van der Waals surface area contributed by atoms with Crippen LogP contribution in [0.1, 0.15) is 17.2 Å². The number of nitrogens with one attached hydrogen (secondary N) is 1. The number of hydrogen-bond acceptors (Lipinski definition) is 2. The summed E-state index contributed by atoms with van der Waals surface area (Å²) in [4.78, 5) is 14.6. The highest BCUT2D eigenvalue weighted by atomic mass is 16.1. The second-order valence-corrected chi connectivity index (χ2v) is 6.64. The van der Waals surface area contributed by atoms with E-state index in [4.69, 9.17) is 0 Å². The molecule has 3 nitrogen and oxygen atoms in total. The largest absolute Gasteiger partial charge is 0.344 e. The fraction of sp³-hybridized carbons (Fsp3) is 0.174. The maximum Gasteiger partial charge on any atom is 0.244 e. The summed E-state index contributed by atoms with van der Waals surface area (Å²) >= 11 is 0. The van der Waals surface area contributed by atoms with E-state index < -0.39 is 0 Å². The van der Waals surface area contributed by atoms with Crippen molar-refractivity contribution in [2.24, 2.45) is 0 Å². The van der Waals surface area contributed by atoms with Crippen LogP contribution in [0.3, 0.4) is 0 Å². The number of benzene rings is 3. The highest BCUT2D eigenvalue weighted by Gasteiger charge is 2.14. The van der Waals surface area contributed by atoms with Crippen LogP contribution in [0, 0.1) is 0 Å². The second kappa shape index (κ2) is 8.45. The molecule has 0 heterocycles. The van der Waals surface area contributed by atoms with Crippen molar-refractivity contribution in [2.45, 2.75) is 6.04 Å². The number of likely N-dealkylation sites (N-methyl/N-ethyl adjacent to an activating group) is 1. The maximum absolute atomic E-state index is 12.5. The first-order valence-corrected chi connectivity index (χ1v) is 8.79. The van der Waals surface area contributed by atoms with Crippen LogP contribution in [0.5, 0.6) is 0 Å². The minimum atomic E-state index is -0.0892. The molecule has 3 rings (SSSR count). The highest BCUT2D eigenvalue weighted by Crippen LogP contribution is 2.19. The lowest BCUT2D eigenvalue weighted by Gasteiger charge is -2.22. The fourth-order valence-electron chi connectivity index (χ4n) is 3.07. The summed E-state index contributed by atoms with van der Waals surface area (Å²) in [7, 11) is 4.02. The van der Waals surface area contributed by atoms with E-state index in [0.717, 1.165) is 23.1 Å². The van der Waals surface area contributed by atoms with Crippen LogP contribution < -0.4 is 5.32 Å². The Morgan fingerprint density at radius 3 is 2.42 bits per heavy atom. The van der Waals surface area contributed by atoms with Crippen molar-refractivity contribution < 1.29 is 4.79 Å². The van der Waals surface area contributed by atoms with Crippen LogP contribution in [0.15, 0.2) is 78.9 Å². The van der Waals surface area contributed by atoms with Gasteiger partial charge in [-0.05, 0) is 42.1 Å². The van der Waals surface area contributed by atoms with E-state index in [2.05, 4.69) is 28.4 Å². The molecule has 0 unspecified atom stereocenters. The predicted molar refractivity (Wildman–Crippen MR) is 109 cm³/mol. The van der Waals surface area contributed by atoms with Gasteiger partial charge in [-0.1, -0.05) is 72.8 Å². The average molecular weight is 344 g/mol. The summed E-state index contributed by atoms with van der Waals surface area (Å²) in [6.45, 7) is 0.748. The molecule has 0 bridgehead atoms. The van der Waals surface area contributed by atoms with Crippen molar-refractivity contribution in [3.05, 3.63) is 90.0 Å². The van der Waals surface area contributed by atoms with Gasteiger partial charge in [0.25, 0.3) is 0 Å². The van der Waals surface area contributed by atoms with Crippen molar-refractivity contribution >= 4 is 22.8 Å². The molecule has 3 aromatic carbocycles. The number of nitrogens with zero attached hydrogens (tertiary/aromatic N) is 1. The monoisotopic (exact) mass is 344 g/mol. The molecule has 132 valence electrons. The first-order chi connectivity index (χ1) is 12.6. The van der Waals surface area contributed by atoms with E-state index in [0.29, 0.717) is 0 Å². The van der Waals surface area contributed by atoms with Gasteiger partial charge in [0.05, 0.1) is 6.04 Å². The normalized spacial score (nSPS) is 12.6. The number of hydrogen-bond donors (Lipinski definition) is 1. The van der Waals surface area contributed by atoms with Crippen LogP contribution in [-0.2, 0) is 4.79 Å². The molecule has 0 spiro atoms. The Balaban J connectivity index is 1.76. The predicted octanol–water partition coefficient (Wildman–Crippen LogP) is 4.27. The standard InChI is InChI=1S/C23H24N2O/c1-25(2)17-22(20-10-4-3-5-11-20)24-23(26)16-15-19-13-8-12-18-9-6-7-14-21(18)19/h3-16,22H,17H2,1-2H3,(H,24,26)/b16-15+/t22-/m1/s1. The fourth-order valence-corrected chi connectivity index (χ4v) is 3.07. The Kier molecular flexibility index (Phi) is 5.82. The molecule has 0 fully saturated rings. The third-order valence-corrected chi connectivity index (χ3v) is 4.30. The lowest BCUT2D eigenvalue weighted by molar-refractivity contribution is -0.117. The molecule has 0 radical (unpaired) electrons. The Labute approximate surface area is 155 Å². The van der Waals surface area contributed by atoms with Gasteiger partial charge in [-0.15, -0.1) is 0 Å². The zero-order valence-electron chi connectivity index (χ0n) is 15.2. The van der Waals surface area contributed by atoms with E-state index in [9.17, 15) is 4.79 Å². The Morgan fingerprint density at radius 1 is 0.962 bits per heavy atom. The summed E-state index contributed by atoms with van der Waals surface area (Å²) < 4.78 is 0. The van der Waals surface area contributed by atoms with Gasteiger partial charge in [-0.2, -0.15) is 0 Å². The number of carbonyl (C=O) groups is 1. The summed E-state index contributed by atoms with van der Waals surface area (Å²) in [6.07, 6.45) is 3.50. The molecule has 0 aliphatic heterocycles. The Hall–Kier alpha value is -2.91. The first-order valence-electron chi connectivity index (χ1n) is 8.79. The molecular formula is C23H24N2O. The molecule has 1 atom stereocenters. The number of amides is 1. The lowest BCUT2D eigenvalue weighted by atomic mass is 10.0. The third-order valence-electron chi connectivity index (χ3n) is 4.30. The van der Waals surface area contributed by atoms with Gasteiger partial charge < -0.3 is 10.2 Å². The molecule has 0 aliphatic rings. The lowest BCUT2D eigenvalue weighted by Crippen LogP contribution is -2.34. The molecule has 0 saturated heterocycles. The second-order valence-electron chi connectivity index (χ2n) is 6.64. The molecule has 1 amide bonds.